The van der Waals surface area contributed by atoms with Crippen LogP contribution < -0.4 is 20.7 Å². The molecular formula is C36H26ClNSi. The quantitative estimate of drug-likeness (QED) is 0.168. The molecule has 1 aromatic heterocycles. The van der Waals surface area contributed by atoms with Crippen LogP contribution in [-0.4, -0.2) is 12.6 Å². The van der Waals surface area contributed by atoms with Gasteiger partial charge in [0.05, 0.1) is 16.1 Å². The molecule has 0 aliphatic rings. The molecule has 7 rings (SSSR count). The Morgan fingerprint density at radius 1 is 0.436 bits per heavy atom. The summed E-state index contributed by atoms with van der Waals surface area (Å²) in [6.45, 7) is 0. The van der Waals surface area contributed by atoms with Gasteiger partial charge in [-0.3, -0.25) is 0 Å². The second-order valence-electron chi connectivity index (χ2n) is 9.89. The van der Waals surface area contributed by atoms with Crippen LogP contribution in [0.15, 0.2) is 158 Å². The third-order valence-corrected chi connectivity index (χ3v) is 12.8. The molecule has 1 nitrogen and oxygen atoms in total. The first-order valence-corrected chi connectivity index (χ1v) is 15.6. The molecule has 0 amide bonds. The molecule has 6 aromatic carbocycles. The number of nitrogens with zero attached hydrogens (tertiary/aromatic N) is 1. The van der Waals surface area contributed by atoms with E-state index < -0.39 is 8.07 Å². The largest absolute Gasteiger partial charge is 0.309 e. The first-order chi connectivity index (χ1) is 19.3. The molecule has 186 valence electrons. The topological polar surface area (TPSA) is 4.93 Å². The van der Waals surface area contributed by atoms with Gasteiger partial charge in [0.2, 0.25) is 0 Å². The highest BCUT2D eigenvalue weighted by atomic mass is 35.5. The Kier molecular flexibility index (Phi) is 5.92. The standard InChI is InChI=1S/C36H26ClNSi/c37-33-25-31(26-35-36(33)32-23-13-14-24-34(32)38(35)27-15-5-1-6-16-27)39(28-17-7-2-8-18-28,29-19-9-3-10-20-29)30-21-11-4-12-22-30/h1-26H. The van der Waals surface area contributed by atoms with Crippen molar-refractivity contribution in [2.45, 2.75) is 0 Å². The molecular weight excluding hydrogens is 510 g/mol. The number of fused-ring (bicyclic) bond motifs is 3. The van der Waals surface area contributed by atoms with Crippen molar-refractivity contribution in [3.05, 3.63) is 163 Å². The van der Waals surface area contributed by atoms with Gasteiger partial charge in [0.15, 0.2) is 8.07 Å². The fraction of sp³-hybridized carbons (Fsp3) is 0. The highest BCUT2D eigenvalue weighted by Gasteiger charge is 2.42. The monoisotopic (exact) mass is 535 g/mol. The normalized spacial score (nSPS) is 11.7. The molecule has 3 heteroatoms. The van der Waals surface area contributed by atoms with Gasteiger partial charge in [-0.05, 0) is 51.1 Å². The van der Waals surface area contributed by atoms with Gasteiger partial charge in [-0.1, -0.05) is 139 Å². The van der Waals surface area contributed by atoms with E-state index >= 15 is 0 Å². The Morgan fingerprint density at radius 2 is 0.897 bits per heavy atom. The lowest BCUT2D eigenvalue weighted by Gasteiger charge is -2.34. The van der Waals surface area contributed by atoms with Crippen LogP contribution in [0.2, 0.25) is 5.02 Å². The van der Waals surface area contributed by atoms with E-state index in [0.29, 0.717) is 0 Å². The average molecular weight is 536 g/mol. The van der Waals surface area contributed by atoms with Gasteiger partial charge < -0.3 is 4.57 Å². The van der Waals surface area contributed by atoms with Gasteiger partial charge in [-0.2, -0.15) is 0 Å². The maximum absolute atomic E-state index is 7.32. The third kappa shape index (κ3) is 3.76. The molecule has 0 aliphatic carbocycles. The van der Waals surface area contributed by atoms with E-state index in [-0.39, 0.29) is 0 Å². The number of halogens is 1. The van der Waals surface area contributed by atoms with E-state index in [1.165, 1.54) is 26.1 Å². The van der Waals surface area contributed by atoms with Gasteiger partial charge in [0, 0.05) is 16.5 Å². The van der Waals surface area contributed by atoms with Crippen molar-refractivity contribution in [1.82, 2.24) is 4.57 Å². The van der Waals surface area contributed by atoms with Crippen molar-refractivity contribution in [3.63, 3.8) is 0 Å². The lowest BCUT2D eigenvalue weighted by atomic mass is 10.1. The zero-order valence-electron chi connectivity index (χ0n) is 21.3. The molecule has 0 saturated heterocycles. The van der Waals surface area contributed by atoms with E-state index in [1.807, 2.05) is 0 Å². The second-order valence-corrected chi connectivity index (χ2v) is 14.1. The summed E-state index contributed by atoms with van der Waals surface area (Å²) in [5.74, 6) is 0. The Labute approximate surface area is 234 Å². The van der Waals surface area contributed by atoms with Gasteiger partial charge in [0.25, 0.3) is 0 Å². The SMILES string of the molecule is Clc1cc([Si](c2ccccc2)(c2ccccc2)c2ccccc2)cc2c1c1ccccc1n2-c1ccccc1. The fourth-order valence-electron chi connectivity index (χ4n) is 6.18. The van der Waals surface area contributed by atoms with Crippen molar-refractivity contribution in [2.75, 3.05) is 0 Å². The highest BCUT2D eigenvalue weighted by molar-refractivity contribution is 7.20. The molecule has 0 radical (unpaired) electrons. The summed E-state index contributed by atoms with van der Waals surface area (Å²) in [6, 6.07) is 56.8. The summed E-state index contributed by atoms with van der Waals surface area (Å²) in [5, 5.41) is 8.31. The van der Waals surface area contributed by atoms with E-state index in [9.17, 15) is 0 Å². The smallest absolute Gasteiger partial charge is 0.179 e. The molecule has 0 unspecified atom stereocenters. The van der Waals surface area contributed by atoms with Gasteiger partial charge in [-0.25, -0.2) is 0 Å². The molecule has 0 aliphatic heterocycles. The highest BCUT2D eigenvalue weighted by Crippen LogP contribution is 2.36. The summed E-state index contributed by atoms with van der Waals surface area (Å²) in [6.07, 6.45) is 0. The summed E-state index contributed by atoms with van der Waals surface area (Å²) in [4.78, 5) is 0. The molecule has 0 N–H and O–H groups in total. The van der Waals surface area contributed by atoms with Crippen LogP contribution in [0.4, 0.5) is 0 Å². The van der Waals surface area contributed by atoms with Crippen molar-refractivity contribution in [2.24, 2.45) is 0 Å². The van der Waals surface area contributed by atoms with E-state index in [0.717, 1.165) is 27.1 Å². The predicted octanol–water partition coefficient (Wildman–Crippen LogP) is 6.81. The third-order valence-electron chi connectivity index (χ3n) is 7.79. The van der Waals surface area contributed by atoms with Crippen LogP contribution >= 0.6 is 11.6 Å². The van der Waals surface area contributed by atoms with Gasteiger partial charge in [-0.15, -0.1) is 0 Å². The summed E-state index contributed by atoms with van der Waals surface area (Å²) >= 11 is 7.32. The fourth-order valence-corrected chi connectivity index (χ4v) is 11.4. The first-order valence-electron chi connectivity index (χ1n) is 13.2. The second kappa shape index (κ2) is 9.74. The van der Waals surface area contributed by atoms with Crippen molar-refractivity contribution in [1.29, 1.82) is 0 Å². The summed E-state index contributed by atoms with van der Waals surface area (Å²) < 4.78 is 2.36. The molecule has 0 bridgehead atoms. The first kappa shape index (κ1) is 23.7. The molecule has 0 atom stereocenters. The zero-order chi connectivity index (χ0) is 26.2. The van der Waals surface area contributed by atoms with E-state index in [2.05, 4.69) is 162 Å². The van der Waals surface area contributed by atoms with Gasteiger partial charge in [0.1, 0.15) is 0 Å². The minimum Gasteiger partial charge on any atom is -0.309 e. The Hall–Kier alpha value is -4.37. The van der Waals surface area contributed by atoms with Crippen molar-refractivity contribution >= 4 is 62.2 Å². The van der Waals surface area contributed by atoms with Crippen molar-refractivity contribution < 1.29 is 0 Å². The van der Waals surface area contributed by atoms with Gasteiger partial charge >= 0.3 is 0 Å². The van der Waals surface area contributed by atoms with Crippen LogP contribution in [0.25, 0.3) is 27.5 Å². The zero-order valence-corrected chi connectivity index (χ0v) is 23.1. The van der Waals surface area contributed by atoms with Crippen LogP contribution in [0.3, 0.4) is 0 Å². The molecule has 0 spiro atoms. The maximum Gasteiger partial charge on any atom is 0.179 e. The average Bonchev–Trinajstić information content (AvgIpc) is 3.34. The lowest BCUT2D eigenvalue weighted by Crippen LogP contribution is -2.74. The molecule has 1 heterocycles. The molecule has 0 saturated carbocycles. The number of hydrogen-bond acceptors (Lipinski definition) is 0. The van der Waals surface area contributed by atoms with Crippen molar-refractivity contribution in [3.8, 4) is 5.69 Å². The minimum atomic E-state index is -2.72. The Balaban J connectivity index is 1.66. The Bertz CT molecular complexity index is 1800. The van der Waals surface area contributed by atoms with Crippen LogP contribution in [0.1, 0.15) is 0 Å². The Morgan fingerprint density at radius 3 is 1.44 bits per heavy atom. The maximum atomic E-state index is 7.32. The predicted molar refractivity (Wildman–Crippen MR) is 169 cm³/mol. The van der Waals surface area contributed by atoms with Crippen LogP contribution in [0, 0.1) is 0 Å². The molecule has 39 heavy (non-hydrogen) atoms. The van der Waals surface area contributed by atoms with Crippen LogP contribution in [-0.2, 0) is 0 Å². The lowest BCUT2D eigenvalue weighted by molar-refractivity contribution is 1.18. The summed E-state index contributed by atoms with van der Waals surface area (Å²) in [5.41, 5.74) is 3.41. The number of para-hydroxylation sites is 2. The number of benzene rings is 6. The summed E-state index contributed by atoms with van der Waals surface area (Å²) in [7, 11) is -2.72. The van der Waals surface area contributed by atoms with E-state index in [4.69, 9.17) is 11.6 Å². The van der Waals surface area contributed by atoms with E-state index in [1.54, 1.807) is 0 Å². The molecule has 0 fully saturated rings. The van der Waals surface area contributed by atoms with Crippen LogP contribution in [0.5, 0.6) is 0 Å². The number of rotatable bonds is 5. The number of hydrogen-bond donors (Lipinski definition) is 0. The molecule has 7 aromatic rings. The number of aromatic nitrogens is 1. The minimum absolute atomic E-state index is 0.785.